The lowest BCUT2D eigenvalue weighted by molar-refractivity contribution is -0.124. The molecule has 0 fully saturated rings. The molecule has 0 atom stereocenters. The van der Waals surface area contributed by atoms with Gasteiger partial charge in [0.25, 0.3) is 11.8 Å². The number of hydrogen-bond acceptors (Lipinski definition) is 2. The van der Waals surface area contributed by atoms with Gasteiger partial charge in [0.1, 0.15) is 5.54 Å². The third-order valence-electron chi connectivity index (χ3n) is 4.10. The first-order valence-corrected chi connectivity index (χ1v) is 7.33. The topological polar surface area (TPSA) is 49.4 Å². The Kier molecular flexibility index (Phi) is 4.12. The van der Waals surface area contributed by atoms with Crippen molar-refractivity contribution in [1.82, 2.24) is 5.32 Å². The highest BCUT2D eigenvalue weighted by molar-refractivity contribution is 6.12. The zero-order chi connectivity index (χ0) is 14.8. The van der Waals surface area contributed by atoms with Crippen molar-refractivity contribution in [3.05, 3.63) is 29.8 Å². The molecule has 0 spiro atoms. The predicted octanol–water partition coefficient (Wildman–Crippen LogP) is 2.73. The average Bonchev–Trinajstić information content (AvgIpc) is 2.57. The predicted molar refractivity (Wildman–Crippen MR) is 79.9 cm³/mol. The highest BCUT2D eigenvalue weighted by Crippen LogP contribution is 2.30. The van der Waals surface area contributed by atoms with Crippen LogP contribution in [0.25, 0.3) is 0 Å². The van der Waals surface area contributed by atoms with Crippen molar-refractivity contribution >= 4 is 17.5 Å². The van der Waals surface area contributed by atoms with E-state index in [1.54, 1.807) is 11.0 Å². The minimum Gasteiger partial charge on any atom is -0.338 e. The molecule has 2 rings (SSSR count). The SMILES string of the molecule is CCCN1C(=O)C(CC)(CC)NC(=O)c2ccccc21. The standard InChI is InChI=1S/C16H22N2O2/c1-4-11-18-13-10-8-7-9-12(13)14(19)17-16(5-2,6-3)15(18)20/h7-10H,4-6,11H2,1-3H3,(H,17,19). The van der Waals surface area contributed by atoms with Crippen molar-refractivity contribution in [2.45, 2.75) is 45.6 Å². The van der Waals surface area contributed by atoms with Gasteiger partial charge in [-0.1, -0.05) is 32.9 Å². The second-order valence-electron chi connectivity index (χ2n) is 5.22. The lowest BCUT2D eigenvalue weighted by Crippen LogP contribution is -2.57. The van der Waals surface area contributed by atoms with Crippen molar-refractivity contribution in [1.29, 1.82) is 0 Å². The molecular formula is C16H22N2O2. The molecule has 0 bridgehead atoms. The summed E-state index contributed by atoms with van der Waals surface area (Å²) in [6.45, 7) is 6.56. The van der Waals surface area contributed by atoms with Crippen LogP contribution in [0.5, 0.6) is 0 Å². The van der Waals surface area contributed by atoms with E-state index >= 15 is 0 Å². The Labute approximate surface area is 120 Å². The molecule has 0 aliphatic carbocycles. The minimum atomic E-state index is -0.786. The Morgan fingerprint density at radius 2 is 1.75 bits per heavy atom. The molecule has 4 heteroatoms. The van der Waals surface area contributed by atoms with Crippen LogP contribution in [0.2, 0.25) is 0 Å². The molecule has 0 saturated carbocycles. The summed E-state index contributed by atoms with van der Waals surface area (Å²) in [5.74, 6) is -0.154. The quantitative estimate of drug-likeness (QED) is 0.917. The van der Waals surface area contributed by atoms with Gasteiger partial charge in [0.2, 0.25) is 0 Å². The number of carbonyl (C=O) groups is 2. The van der Waals surface area contributed by atoms with E-state index in [9.17, 15) is 9.59 Å². The zero-order valence-corrected chi connectivity index (χ0v) is 12.4. The van der Waals surface area contributed by atoms with Crippen molar-refractivity contribution in [2.75, 3.05) is 11.4 Å². The Morgan fingerprint density at radius 1 is 1.10 bits per heavy atom. The fraction of sp³-hybridized carbons (Fsp3) is 0.500. The zero-order valence-electron chi connectivity index (χ0n) is 12.4. The number of nitrogens with zero attached hydrogens (tertiary/aromatic N) is 1. The number of nitrogens with one attached hydrogen (secondary N) is 1. The Hall–Kier alpha value is -1.84. The van der Waals surface area contributed by atoms with Crippen LogP contribution in [-0.4, -0.2) is 23.9 Å². The van der Waals surface area contributed by atoms with E-state index in [-0.39, 0.29) is 11.8 Å². The number of benzene rings is 1. The number of hydrogen-bond donors (Lipinski definition) is 1. The second kappa shape index (κ2) is 5.65. The summed E-state index contributed by atoms with van der Waals surface area (Å²) in [4.78, 5) is 27.1. The van der Waals surface area contributed by atoms with E-state index in [0.29, 0.717) is 24.9 Å². The highest BCUT2D eigenvalue weighted by atomic mass is 16.2. The maximum Gasteiger partial charge on any atom is 0.254 e. The van der Waals surface area contributed by atoms with Gasteiger partial charge in [0.05, 0.1) is 11.3 Å². The minimum absolute atomic E-state index is 0.00245. The Morgan fingerprint density at radius 3 is 2.35 bits per heavy atom. The molecule has 2 amide bonds. The van der Waals surface area contributed by atoms with Crippen LogP contribution in [0.4, 0.5) is 5.69 Å². The van der Waals surface area contributed by atoms with Crippen molar-refractivity contribution < 1.29 is 9.59 Å². The van der Waals surface area contributed by atoms with Crippen LogP contribution in [0, 0.1) is 0 Å². The van der Waals surface area contributed by atoms with Gasteiger partial charge < -0.3 is 10.2 Å². The molecule has 20 heavy (non-hydrogen) atoms. The molecule has 1 aliphatic rings. The lowest BCUT2D eigenvalue weighted by atomic mass is 9.91. The van der Waals surface area contributed by atoms with Crippen LogP contribution < -0.4 is 10.2 Å². The van der Waals surface area contributed by atoms with E-state index in [1.807, 2.05) is 39.0 Å². The Bertz CT molecular complexity index is 521. The normalized spacial score (nSPS) is 17.4. The molecule has 0 radical (unpaired) electrons. The maximum absolute atomic E-state index is 12.9. The van der Waals surface area contributed by atoms with Crippen LogP contribution in [0.15, 0.2) is 24.3 Å². The van der Waals surface area contributed by atoms with Crippen LogP contribution >= 0.6 is 0 Å². The first-order chi connectivity index (χ1) is 9.59. The monoisotopic (exact) mass is 274 g/mol. The molecule has 0 unspecified atom stereocenters. The molecule has 1 aromatic carbocycles. The second-order valence-corrected chi connectivity index (χ2v) is 5.22. The number of fused-ring (bicyclic) bond motifs is 1. The van der Waals surface area contributed by atoms with Gasteiger partial charge in [-0.05, 0) is 31.4 Å². The van der Waals surface area contributed by atoms with Gasteiger partial charge in [-0.15, -0.1) is 0 Å². The van der Waals surface area contributed by atoms with E-state index in [0.717, 1.165) is 12.1 Å². The first kappa shape index (κ1) is 14.6. The van der Waals surface area contributed by atoms with E-state index < -0.39 is 5.54 Å². The van der Waals surface area contributed by atoms with E-state index in [1.165, 1.54) is 0 Å². The van der Waals surface area contributed by atoms with Gasteiger partial charge >= 0.3 is 0 Å². The molecular weight excluding hydrogens is 252 g/mol. The summed E-state index contributed by atoms with van der Waals surface area (Å²) < 4.78 is 0. The first-order valence-electron chi connectivity index (χ1n) is 7.33. The number of rotatable bonds is 4. The lowest BCUT2D eigenvalue weighted by Gasteiger charge is -2.33. The Balaban J connectivity index is 2.59. The van der Waals surface area contributed by atoms with Crippen molar-refractivity contribution in [2.24, 2.45) is 0 Å². The molecule has 1 N–H and O–H groups in total. The van der Waals surface area contributed by atoms with Gasteiger partial charge in [-0.2, -0.15) is 0 Å². The largest absolute Gasteiger partial charge is 0.338 e. The van der Waals surface area contributed by atoms with Crippen molar-refractivity contribution in [3.63, 3.8) is 0 Å². The molecule has 1 aliphatic heterocycles. The smallest absolute Gasteiger partial charge is 0.254 e. The summed E-state index contributed by atoms with van der Waals surface area (Å²) in [5.41, 5.74) is 0.518. The molecule has 1 aromatic rings. The van der Waals surface area contributed by atoms with Gasteiger partial charge in [0, 0.05) is 6.54 Å². The number of para-hydroxylation sites is 1. The summed E-state index contributed by atoms with van der Waals surface area (Å²) in [6.07, 6.45) is 2.06. The van der Waals surface area contributed by atoms with Crippen molar-refractivity contribution in [3.8, 4) is 0 Å². The number of anilines is 1. The average molecular weight is 274 g/mol. The van der Waals surface area contributed by atoms with Crippen LogP contribution in [0.3, 0.4) is 0 Å². The van der Waals surface area contributed by atoms with Gasteiger partial charge in [-0.25, -0.2) is 0 Å². The van der Waals surface area contributed by atoms with Gasteiger partial charge in [-0.3, -0.25) is 9.59 Å². The van der Waals surface area contributed by atoms with Crippen LogP contribution in [-0.2, 0) is 4.79 Å². The highest BCUT2D eigenvalue weighted by Gasteiger charge is 2.43. The molecule has 0 aromatic heterocycles. The fourth-order valence-corrected chi connectivity index (χ4v) is 2.78. The van der Waals surface area contributed by atoms with E-state index in [2.05, 4.69) is 5.32 Å². The summed E-state index contributed by atoms with van der Waals surface area (Å²) >= 11 is 0. The summed E-state index contributed by atoms with van der Waals surface area (Å²) in [5, 5.41) is 2.96. The molecule has 1 heterocycles. The van der Waals surface area contributed by atoms with Crippen LogP contribution in [0.1, 0.15) is 50.4 Å². The van der Waals surface area contributed by atoms with Gasteiger partial charge in [0.15, 0.2) is 0 Å². The third-order valence-corrected chi connectivity index (χ3v) is 4.10. The number of carbonyl (C=O) groups excluding carboxylic acids is 2. The molecule has 108 valence electrons. The third kappa shape index (κ3) is 2.19. The summed E-state index contributed by atoms with van der Waals surface area (Å²) in [6, 6.07) is 7.33. The molecule has 4 nitrogen and oxygen atoms in total. The number of amides is 2. The van der Waals surface area contributed by atoms with E-state index in [4.69, 9.17) is 0 Å². The summed E-state index contributed by atoms with van der Waals surface area (Å²) in [7, 11) is 0. The molecule has 0 saturated heterocycles. The fourth-order valence-electron chi connectivity index (χ4n) is 2.78. The maximum atomic E-state index is 12.9.